The largest absolute Gasteiger partial charge is 0.394 e. The third kappa shape index (κ3) is 2.40. The first-order valence-corrected chi connectivity index (χ1v) is 2.42. The number of hydrogen-bond acceptors (Lipinski definition) is 5. The number of carbonyl (C=O) groups excluding carboxylic acids is 1. The van der Waals surface area contributed by atoms with Gasteiger partial charge in [-0.25, -0.2) is 0 Å². The molecule has 60 valence electrons. The summed E-state index contributed by atoms with van der Waals surface area (Å²) in [5.41, 5.74) is 0. The molecule has 0 heterocycles. The second-order valence-electron chi connectivity index (χ2n) is 1.53. The Hall–Kier alpha value is -0.490. The van der Waals surface area contributed by atoms with E-state index in [0.29, 0.717) is 0 Å². The summed E-state index contributed by atoms with van der Waals surface area (Å²) in [7, 11) is 0. The minimum atomic E-state index is -3.49. The first-order valence-electron chi connectivity index (χ1n) is 3.92. The summed E-state index contributed by atoms with van der Waals surface area (Å²) in [6, 6.07) is 0. The van der Waals surface area contributed by atoms with Crippen LogP contribution >= 0.6 is 0 Å². The maximum atomic E-state index is 10.3. The van der Waals surface area contributed by atoms with Crippen molar-refractivity contribution in [1.82, 2.24) is 0 Å². The summed E-state index contributed by atoms with van der Waals surface area (Å²) in [6.45, 7) is -1.12. The lowest BCUT2D eigenvalue weighted by atomic mass is 10.1. The molecule has 0 aliphatic heterocycles. The molecule has 0 amide bonds. The Balaban J connectivity index is 4.90. The Morgan fingerprint density at radius 3 is 2.40 bits per heavy atom. The quantitative estimate of drug-likeness (QED) is 0.328. The van der Waals surface area contributed by atoms with Crippen molar-refractivity contribution in [3.8, 4) is 0 Å². The van der Waals surface area contributed by atoms with E-state index in [-0.39, 0.29) is 0 Å². The molecule has 0 aromatic heterocycles. The average Bonchev–Trinajstić information content (AvgIpc) is 2.02. The third-order valence-electron chi connectivity index (χ3n) is 0.828. The molecule has 0 spiro atoms. The number of aldehydes is 1. The highest BCUT2D eigenvalue weighted by atomic mass is 16.4. The van der Waals surface area contributed by atoms with Gasteiger partial charge in [-0.1, -0.05) is 0 Å². The van der Waals surface area contributed by atoms with Crippen molar-refractivity contribution in [2.24, 2.45) is 0 Å². The van der Waals surface area contributed by atoms with Crippen LogP contribution in [0.2, 0.25) is 0 Å². The lowest BCUT2D eigenvalue weighted by Gasteiger charge is -2.16. The van der Waals surface area contributed by atoms with Crippen LogP contribution in [0, 0.1) is 0 Å². The highest BCUT2D eigenvalue weighted by Crippen LogP contribution is 1.96. The molecule has 0 unspecified atom stereocenters. The van der Waals surface area contributed by atoms with Crippen LogP contribution in [0.5, 0.6) is 0 Å². The maximum Gasteiger partial charge on any atom is 0.151 e. The summed E-state index contributed by atoms with van der Waals surface area (Å²) >= 11 is 0. The van der Waals surface area contributed by atoms with Gasteiger partial charge in [0.15, 0.2) is 6.26 Å². The first-order chi connectivity index (χ1) is 5.67. The van der Waals surface area contributed by atoms with Crippen molar-refractivity contribution in [3.63, 3.8) is 0 Å². The standard InChI is InChI=1S/C5H10O5/c6-1-3(8)5(10)4(9)2-7/h1,3-5,7-10H,2H2/t3-,4-,5+/m1/s1/i1D,3D,5D. The molecule has 0 aliphatic rings. The van der Waals surface area contributed by atoms with Crippen LogP contribution in [0.15, 0.2) is 0 Å². The van der Waals surface area contributed by atoms with Gasteiger partial charge in [-0.15, -0.1) is 0 Å². The number of aliphatic hydroxyl groups excluding tert-OH is 2. The zero-order valence-electron chi connectivity index (χ0n) is 7.98. The summed E-state index contributed by atoms with van der Waals surface area (Å²) in [4.78, 5) is 10.3. The fraction of sp³-hybridized carbons (Fsp3) is 0.800. The van der Waals surface area contributed by atoms with Gasteiger partial charge in [-0.3, -0.25) is 0 Å². The Bertz CT molecular complexity index is 204. The third-order valence-corrected chi connectivity index (χ3v) is 0.828. The lowest BCUT2D eigenvalue weighted by Crippen LogP contribution is -2.40. The minimum absolute atomic E-state index is 1.12. The second-order valence-corrected chi connectivity index (χ2v) is 1.53. The van der Waals surface area contributed by atoms with E-state index in [9.17, 15) is 4.79 Å². The van der Waals surface area contributed by atoms with Crippen LogP contribution in [0.1, 0.15) is 4.11 Å². The number of rotatable bonds is 4. The molecule has 5 nitrogen and oxygen atoms in total. The van der Waals surface area contributed by atoms with Gasteiger partial charge in [0, 0.05) is 0 Å². The summed E-state index contributed by atoms with van der Waals surface area (Å²) in [6.07, 6.45) is -11.0. The lowest BCUT2D eigenvalue weighted by molar-refractivity contribution is -0.127. The van der Waals surface area contributed by atoms with Gasteiger partial charge in [0.1, 0.15) is 19.6 Å². The molecule has 0 radical (unpaired) electrons. The van der Waals surface area contributed by atoms with E-state index in [4.69, 9.17) is 24.5 Å². The fourth-order valence-corrected chi connectivity index (χ4v) is 0.297. The van der Waals surface area contributed by atoms with E-state index in [1.165, 1.54) is 0 Å². The SMILES string of the molecule is [2H]C(=O)[C@@]([2H])(O)[C@]([2H])(O)[C@H](O)CO. The number of hydrogen-bond donors (Lipinski definition) is 4. The zero-order valence-corrected chi connectivity index (χ0v) is 4.98. The van der Waals surface area contributed by atoms with Crippen LogP contribution in [-0.2, 0) is 4.79 Å². The Morgan fingerprint density at radius 1 is 1.60 bits per heavy atom. The highest BCUT2D eigenvalue weighted by Gasteiger charge is 2.22. The van der Waals surface area contributed by atoms with Crippen molar-refractivity contribution in [2.75, 3.05) is 6.61 Å². The molecular weight excluding hydrogens is 140 g/mol. The Labute approximate surface area is 61.8 Å². The topological polar surface area (TPSA) is 98.0 Å². The van der Waals surface area contributed by atoms with Gasteiger partial charge in [0.05, 0.1) is 9.35 Å². The monoisotopic (exact) mass is 153 g/mol. The fourth-order valence-electron chi connectivity index (χ4n) is 0.297. The van der Waals surface area contributed by atoms with E-state index in [1.54, 1.807) is 0 Å². The van der Waals surface area contributed by atoms with Gasteiger partial charge in [0.2, 0.25) is 0 Å². The van der Waals surface area contributed by atoms with E-state index >= 15 is 0 Å². The molecular formula is C5H10O5. The molecule has 10 heavy (non-hydrogen) atoms. The van der Waals surface area contributed by atoms with E-state index in [2.05, 4.69) is 0 Å². The molecule has 0 aromatic rings. The average molecular weight is 153 g/mol. The van der Waals surface area contributed by atoms with Crippen molar-refractivity contribution in [3.05, 3.63) is 0 Å². The van der Waals surface area contributed by atoms with E-state index < -0.39 is 31.1 Å². The molecule has 4 N–H and O–H groups in total. The molecule has 0 saturated heterocycles. The van der Waals surface area contributed by atoms with Crippen molar-refractivity contribution in [1.29, 1.82) is 0 Å². The highest BCUT2D eigenvalue weighted by molar-refractivity contribution is 5.56. The Kier molecular flexibility index (Phi) is 2.26. The number of aliphatic hydroxyl groups is 4. The van der Waals surface area contributed by atoms with Crippen LogP contribution in [0.4, 0.5) is 0 Å². The van der Waals surface area contributed by atoms with Crippen LogP contribution in [-0.4, -0.2) is 51.6 Å². The van der Waals surface area contributed by atoms with Gasteiger partial charge in [0.25, 0.3) is 0 Å². The predicted molar refractivity (Wildman–Crippen MR) is 31.2 cm³/mol. The van der Waals surface area contributed by atoms with Crippen LogP contribution < -0.4 is 0 Å². The van der Waals surface area contributed by atoms with Crippen LogP contribution in [0.25, 0.3) is 0 Å². The maximum absolute atomic E-state index is 10.3. The Morgan fingerprint density at radius 2 is 2.10 bits per heavy atom. The van der Waals surface area contributed by atoms with Gasteiger partial charge < -0.3 is 25.2 Å². The van der Waals surface area contributed by atoms with E-state index in [0.717, 1.165) is 0 Å². The van der Waals surface area contributed by atoms with Gasteiger partial charge in [-0.05, 0) is 0 Å². The summed E-state index contributed by atoms with van der Waals surface area (Å²) in [5, 5.41) is 34.9. The van der Waals surface area contributed by atoms with Crippen molar-refractivity contribution >= 4 is 6.26 Å². The second kappa shape index (κ2) is 4.35. The van der Waals surface area contributed by atoms with Gasteiger partial charge in [-0.2, -0.15) is 0 Å². The van der Waals surface area contributed by atoms with E-state index in [1.807, 2.05) is 0 Å². The minimum Gasteiger partial charge on any atom is -0.394 e. The molecule has 0 rings (SSSR count). The molecule has 5 heteroatoms. The van der Waals surface area contributed by atoms with Gasteiger partial charge >= 0.3 is 0 Å². The smallest absolute Gasteiger partial charge is 0.151 e. The van der Waals surface area contributed by atoms with Crippen molar-refractivity contribution in [2.45, 2.75) is 18.3 Å². The predicted octanol–water partition coefficient (Wildman–Crippen LogP) is -2.74. The molecule has 0 bridgehead atoms. The molecule has 0 aromatic carbocycles. The summed E-state index contributed by atoms with van der Waals surface area (Å²) in [5.74, 6) is 0. The molecule has 0 aliphatic carbocycles. The zero-order chi connectivity index (χ0) is 10.9. The normalized spacial score (nSPS) is 30.2. The van der Waals surface area contributed by atoms with Crippen LogP contribution in [0.3, 0.4) is 0 Å². The molecule has 0 saturated carbocycles. The summed E-state index contributed by atoms with van der Waals surface area (Å²) < 4.78 is 19.9. The number of carbonyl (C=O) groups is 1. The molecule has 3 atom stereocenters. The van der Waals surface area contributed by atoms with Crippen molar-refractivity contribution < 1.29 is 29.3 Å². The molecule has 0 fully saturated rings. The first kappa shape index (κ1) is 5.20.